The minimum atomic E-state index is 0.317. The van der Waals surface area contributed by atoms with E-state index in [1.54, 1.807) is 0 Å². The van der Waals surface area contributed by atoms with Crippen LogP contribution in [0.15, 0.2) is 4.34 Å². The van der Waals surface area contributed by atoms with E-state index in [0.717, 1.165) is 4.34 Å². The Balaban J connectivity index is 2.88. The number of hydrogen-bond donors (Lipinski definition) is 1. The zero-order valence-electron chi connectivity index (χ0n) is 5.20. The minimum Gasteiger partial charge on any atom is -0.387 e. The molecule has 1 heterocycles. The molecule has 0 saturated heterocycles. The van der Waals surface area contributed by atoms with Crippen LogP contribution in [-0.2, 0) is 0 Å². The van der Waals surface area contributed by atoms with Crippen LogP contribution in [0.1, 0.15) is 5.01 Å². The monoisotopic (exact) mass is 191 g/mol. The first-order chi connectivity index (χ1) is 4.74. The summed E-state index contributed by atoms with van der Waals surface area (Å²) in [6.45, 7) is 0. The van der Waals surface area contributed by atoms with Crippen molar-refractivity contribution >= 4 is 40.3 Å². The van der Waals surface area contributed by atoms with Gasteiger partial charge in [0.1, 0.15) is 4.99 Å². The molecule has 0 unspecified atom stereocenters. The van der Waals surface area contributed by atoms with Crippen molar-refractivity contribution in [3.8, 4) is 0 Å². The van der Waals surface area contributed by atoms with Crippen LogP contribution in [0.3, 0.4) is 0 Å². The van der Waals surface area contributed by atoms with E-state index in [2.05, 4.69) is 10.2 Å². The number of thiocarbonyl (C=S) groups is 1. The predicted molar refractivity (Wildman–Crippen MR) is 47.6 cm³/mol. The standard InChI is InChI=1S/C4H5N3S3/c1-9-4-7-6-3(10-4)2(5)8/h1H3,(H2,5,8). The molecule has 1 aromatic rings. The largest absolute Gasteiger partial charge is 0.387 e. The topological polar surface area (TPSA) is 51.8 Å². The van der Waals surface area contributed by atoms with E-state index >= 15 is 0 Å². The molecule has 0 saturated carbocycles. The summed E-state index contributed by atoms with van der Waals surface area (Å²) in [5.41, 5.74) is 5.31. The summed E-state index contributed by atoms with van der Waals surface area (Å²) in [4.78, 5) is 0.317. The summed E-state index contributed by atoms with van der Waals surface area (Å²) < 4.78 is 0.891. The highest BCUT2D eigenvalue weighted by molar-refractivity contribution is 8.00. The molecule has 0 aromatic carbocycles. The van der Waals surface area contributed by atoms with Gasteiger partial charge in [0, 0.05) is 0 Å². The van der Waals surface area contributed by atoms with Gasteiger partial charge in [0.15, 0.2) is 9.35 Å². The van der Waals surface area contributed by atoms with Gasteiger partial charge in [0.05, 0.1) is 0 Å². The number of thioether (sulfide) groups is 1. The Bertz CT molecular complexity index is 244. The second kappa shape index (κ2) is 3.27. The van der Waals surface area contributed by atoms with Crippen LogP contribution in [0.5, 0.6) is 0 Å². The Kier molecular flexibility index (Phi) is 2.58. The number of rotatable bonds is 2. The van der Waals surface area contributed by atoms with Crippen LogP contribution < -0.4 is 5.73 Å². The van der Waals surface area contributed by atoms with Crippen molar-refractivity contribution in [2.45, 2.75) is 4.34 Å². The molecule has 0 aliphatic carbocycles. The normalized spacial score (nSPS) is 9.70. The van der Waals surface area contributed by atoms with Gasteiger partial charge in [0.2, 0.25) is 0 Å². The van der Waals surface area contributed by atoms with E-state index in [0.29, 0.717) is 10.00 Å². The molecule has 0 aliphatic heterocycles. The summed E-state index contributed by atoms with van der Waals surface area (Å²) in [6.07, 6.45) is 1.93. The average Bonchev–Trinajstić information content (AvgIpc) is 2.34. The summed E-state index contributed by atoms with van der Waals surface area (Å²) in [5.74, 6) is 0. The Labute approximate surface area is 72.0 Å². The third-order valence-corrected chi connectivity index (χ3v) is 3.05. The number of nitrogens with zero attached hydrogens (tertiary/aromatic N) is 2. The molecule has 0 atom stereocenters. The molecule has 0 radical (unpaired) electrons. The summed E-state index contributed by atoms with van der Waals surface area (Å²) in [6, 6.07) is 0. The van der Waals surface area contributed by atoms with E-state index in [1.807, 2.05) is 6.26 Å². The van der Waals surface area contributed by atoms with Gasteiger partial charge in [-0.1, -0.05) is 35.3 Å². The fraction of sp³-hybridized carbons (Fsp3) is 0.250. The van der Waals surface area contributed by atoms with Crippen LogP contribution in [0.4, 0.5) is 0 Å². The van der Waals surface area contributed by atoms with Crippen molar-refractivity contribution in [1.29, 1.82) is 0 Å². The zero-order valence-corrected chi connectivity index (χ0v) is 7.65. The van der Waals surface area contributed by atoms with Gasteiger partial charge in [-0.15, -0.1) is 10.2 Å². The van der Waals surface area contributed by atoms with Gasteiger partial charge in [-0.2, -0.15) is 0 Å². The third kappa shape index (κ3) is 1.65. The Morgan fingerprint density at radius 1 is 1.70 bits per heavy atom. The van der Waals surface area contributed by atoms with Crippen LogP contribution in [0.25, 0.3) is 0 Å². The van der Waals surface area contributed by atoms with E-state index in [1.165, 1.54) is 23.1 Å². The van der Waals surface area contributed by atoms with Crippen LogP contribution in [0.2, 0.25) is 0 Å². The van der Waals surface area contributed by atoms with Crippen molar-refractivity contribution in [3.05, 3.63) is 5.01 Å². The maximum atomic E-state index is 5.31. The van der Waals surface area contributed by atoms with Crippen molar-refractivity contribution in [2.75, 3.05) is 6.26 Å². The fourth-order valence-electron chi connectivity index (χ4n) is 0.392. The summed E-state index contributed by atoms with van der Waals surface area (Å²) in [5, 5.41) is 8.23. The van der Waals surface area contributed by atoms with Gasteiger partial charge in [-0.3, -0.25) is 0 Å². The summed E-state index contributed by atoms with van der Waals surface area (Å²) >= 11 is 7.65. The zero-order chi connectivity index (χ0) is 7.56. The number of nitrogens with two attached hydrogens (primary N) is 1. The molecule has 1 rings (SSSR count). The Hall–Kier alpha value is -0.200. The first kappa shape index (κ1) is 7.90. The maximum Gasteiger partial charge on any atom is 0.175 e. The average molecular weight is 191 g/mol. The van der Waals surface area contributed by atoms with Gasteiger partial charge in [-0.25, -0.2) is 0 Å². The third-order valence-electron chi connectivity index (χ3n) is 0.792. The molecule has 0 amide bonds. The van der Waals surface area contributed by atoms with Crippen molar-refractivity contribution in [3.63, 3.8) is 0 Å². The molecular weight excluding hydrogens is 186 g/mol. The van der Waals surface area contributed by atoms with Crippen LogP contribution in [-0.4, -0.2) is 21.4 Å². The number of aromatic nitrogens is 2. The Morgan fingerprint density at radius 2 is 2.40 bits per heavy atom. The van der Waals surface area contributed by atoms with Gasteiger partial charge >= 0.3 is 0 Å². The van der Waals surface area contributed by atoms with E-state index < -0.39 is 0 Å². The van der Waals surface area contributed by atoms with Gasteiger partial charge < -0.3 is 5.73 Å². The Morgan fingerprint density at radius 3 is 2.70 bits per heavy atom. The lowest BCUT2D eigenvalue weighted by molar-refractivity contribution is 1.01. The molecule has 0 spiro atoms. The predicted octanol–water partition coefficient (Wildman–Crippen LogP) is 0.894. The highest BCUT2D eigenvalue weighted by Crippen LogP contribution is 2.18. The van der Waals surface area contributed by atoms with E-state index in [-0.39, 0.29) is 0 Å². The molecule has 1 aromatic heterocycles. The molecule has 2 N–H and O–H groups in total. The highest BCUT2D eigenvalue weighted by Gasteiger charge is 2.03. The lowest BCUT2D eigenvalue weighted by Crippen LogP contribution is -2.08. The first-order valence-corrected chi connectivity index (χ1v) is 4.86. The molecule has 6 heteroatoms. The second-order valence-corrected chi connectivity index (χ2v) is 3.91. The van der Waals surface area contributed by atoms with Crippen LogP contribution in [0, 0.1) is 0 Å². The minimum absolute atomic E-state index is 0.317. The molecule has 10 heavy (non-hydrogen) atoms. The van der Waals surface area contributed by atoms with E-state index in [9.17, 15) is 0 Å². The molecule has 0 aliphatic rings. The van der Waals surface area contributed by atoms with Crippen molar-refractivity contribution in [2.24, 2.45) is 5.73 Å². The lowest BCUT2D eigenvalue weighted by Gasteiger charge is -1.82. The molecule has 0 fully saturated rings. The molecule has 54 valence electrons. The molecule has 3 nitrogen and oxygen atoms in total. The smallest absolute Gasteiger partial charge is 0.175 e. The summed E-state index contributed by atoms with van der Waals surface area (Å²) in [7, 11) is 0. The molecule has 0 bridgehead atoms. The first-order valence-electron chi connectivity index (χ1n) is 2.41. The van der Waals surface area contributed by atoms with E-state index in [4.69, 9.17) is 18.0 Å². The molecular formula is C4H5N3S3. The lowest BCUT2D eigenvalue weighted by atomic mass is 10.7. The van der Waals surface area contributed by atoms with Gasteiger partial charge in [0.25, 0.3) is 0 Å². The van der Waals surface area contributed by atoms with Crippen molar-refractivity contribution in [1.82, 2.24) is 10.2 Å². The maximum absolute atomic E-state index is 5.31. The fourth-order valence-corrected chi connectivity index (χ4v) is 1.68. The number of hydrogen-bond acceptors (Lipinski definition) is 5. The van der Waals surface area contributed by atoms with Crippen LogP contribution >= 0.6 is 35.3 Å². The van der Waals surface area contributed by atoms with Gasteiger partial charge in [-0.05, 0) is 6.26 Å². The quantitative estimate of drug-likeness (QED) is 0.556. The second-order valence-electron chi connectivity index (χ2n) is 1.44. The van der Waals surface area contributed by atoms with Crippen molar-refractivity contribution < 1.29 is 0 Å². The highest BCUT2D eigenvalue weighted by atomic mass is 32.2. The SMILES string of the molecule is CSc1nnc(C(N)=S)s1.